The number of ether oxygens (including phenoxy) is 2. The van der Waals surface area contributed by atoms with E-state index in [9.17, 15) is 14.4 Å². The van der Waals surface area contributed by atoms with Gasteiger partial charge in [-0.15, -0.1) is 0 Å². The number of aromatic carboxylic acids is 1. The van der Waals surface area contributed by atoms with Gasteiger partial charge in [0, 0.05) is 12.5 Å². The Balaban J connectivity index is 1.91. The summed E-state index contributed by atoms with van der Waals surface area (Å²) in [4.78, 5) is 34.5. The molecule has 8 nitrogen and oxygen atoms in total. The van der Waals surface area contributed by atoms with Crippen molar-refractivity contribution in [2.75, 3.05) is 19.8 Å². The molecular formula is C18H24N2O6. The van der Waals surface area contributed by atoms with Crippen LogP contribution in [0.4, 0.5) is 0 Å². The van der Waals surface area contributed by atoms with Crippen LogP contribution in [-0.2, 0) is 14.3 Å². The number of rotatable bonds is 7. The number of carbonyl (C=O) groups excluding carboxylic acids is 2. The lowest BCUT2D eigenvalue weighted by molar-refractivity contribution is -0.129. The molecule has 26 heavy (non-hydrogen) atoms. The molecular weight excluding hydrogens is 340 g/mol. The highest BCUT2D eigenvalue weighted by Crippen LogP contribution is 2.18. The average molecular weight is 364 g/mol. The van der Waals surface area contributed by atoms with Gasteiger partial charge in [0.15, 0.2) is 0 Å². The topological polar surface area (TPSA) is 114 Å². The van der Waals surface area contributed by atoms with Gasteiger partial charge in [-0.3, -0.25) is 9.59 Å². The van der Waals surface area contributed by atoms with Crippen LogP contribution in [0.1, 0.15) is 30.6 Å². The molecule has 0 saturated carbocycles. The van der Waals surface area contributed by atoms with Gasteiger partial charge in [0.25, 0.3) is 0 Å². The van der Waals surface area contributed by atoms with Crippen LogP contribution in [-0.4, -0.2) is 54.8 Å². The molecule has 1 aliphatic rings. The Kier molecular flexibility index (Phi) is 6.97. The summed E-state index contributed by atoms with van der Waals surface area (Å²) in [6.07, 6.45) is 0.186. The van der Waals surface area contributed by atoms with E-state index in [-0.39, 0.29) is 35.9 Å². The van der Waals surface area contributed by atoms with E-state index in [0.717, 1.165) is 0 Å². The lowest BCUT2D eigenvalue weighted by Crippen LogP contribution is -2.53. The van der Waals surface area contributed by atoms with E-state index in [1.165, 1.54) is 12.1 Å². The largest absolute Gasteiger partial charge is 0.486 e. The maximum Gasteiger partial charge on any atom is 0.335 e. The molecule has 3 N–H and O–H groups in total. The Morgan fingerprint density at radius 3 is 2.58 bits per heavy atom. The maximum atomic E-state index is 12.1. The van der Waals surface area contributed by atoms with Gasteiger partial charge in [-0.1, -0.05) is 13.8 Å². The van der Waals surface area contributed by atoms with E-state index in [1.54, 1.807) is 26.0 Å². The number of nitrogens with one attached hydrogen (secondary N) is 2. The van der Waals surface area contributed by atoms with Gasteiger partial charge in [-0.25, -0.2) is 4.79 Å². The molecule has 1 fully saturated rings. The van der Waals surface area contributed by atoms with Crippen molar-refractivity contribution in [3.05, 3.63) is 29.8 Å². The molecule has 0 aromatic heterocycles. The Morgan fingerprint density at radius 1 is 1.27 bits per heavy atom. The van der Waals surface area contributed by atoms with Crippen LogP contribution in [0.5, 0.6) is 5.75 Å². The summed E-state index contributed by atoms with van der Waals surface area (Å²) in [6.45, 7) is 4.23. The molecule has 1 aromatic rings. The van der Waals surface area contributed by atoms with E-state index in [1.807, 2.05) is 0 Å². The molecule has 0 radical (unpaired) electrons. The first-order valence-electron chi connectivity index (χ1n) is 8.51. The lowest BCUT2D eigenvalue weighted by Gasteiger charge is -2.32. The third kappa shape index (κ3) is 5.73. The van der Waals surface area contributed by atoms with E-state index in [4.69, 9.17) is 14.6 Å². The van der Waals surface area contributed by atoms with Crippen LogP contribution in [0.15, 0.2) is 24.3 Å². The van der Waals surface area contributed by atoms with Crippen LogP contribution >= 0.6 is 0 Å². The lowest BCUT2D eigenvalue weighted by atomic mass is 10.1. The summed E-state index contributed by atoms with van der Waals surface area (Å²) in [5, 5.41) is 14.4. The Labute approximate surface area is 151 Å². The molecule has 1 aromatic carbocycles. The zero-order valence-electron chi connectivity index (χ0n) is 14.9. The smallest absolute Gasteiger partial charge is 0.335 e. The molecule has 8 heteroatoms. The number of hydrogen-bond donors (Lipinski definition) is 3. The minimum absolute atomic E-state index is 0.0889. The summed E-state index contributed by atoms with van der Waals surface area (Å²) in [5.41, 5.74) is 0.169. The zero-order valence-corrected chi connectivity index (χ0v) is 14.9. The van der Waals surface area contributed by atoms with Gasteiger partial charge in [0.05, 0.1) is 24.8 Å². The van der Waals surface area contributed by atoms with E-state index in [2.05, 4.69) is 10.6 Å². The number of carboxylic acid groups (broad SMARTS) is 1. The van der Waals surface area contributed by atoms with E-state index >= 15 is 0 Å². The van der Waals surface area contributed by atoms with Crippen molar-refractivity contribution >= 4 is 17.8 Å². The highest BCUT2D eigenvalue weighted by atomic mass is 16.5. The molecule has 0 aliphatic carbocycles. The second-order valence-electron chi connectivity index (χ2n) is 6.40. The molecule has 0 bridgehead atoms. The van der Waals surface area contributed by atoms with E-state index < -0.39 is 12.1 Å². The van der Waals surface area contributed by atoms with Gasteiger partial charge in [-0.2, -0.15) is 0 Å². The van der Waals surface area contributed by atoms with E-state index in [0.29, 0.717) is 25.4 Å². The first kappa shape index (κ1) is 19.7. The third-order valence-electron chi connectivity index (χ3n) is 3.99. The monoisotopic (exact) mass is 364 g/mol. The van der Waals surface area contributed by atoms with Crippen molar-refractivity contribution in [1.82, 2.24) is 10.6 Å². The van der Waals surface area contributed by atoms with Crippen LogP contribution < -0.4 is 15.4 Å². The molecule has 0 spiro atoms. The molecule has 1 saturated heterocycles. The summed E-state index contributed by atoms with van der Waals surface area (Å²) in [5.74, 6) is -1.17. The standard InChI is InChI=1S/C18H24N2O6/c1-11(2)17(22)19-9-16(21)20-14-7-8-25-10-15(14)26-13-5-3-12(4-6-13)18(23)24/h3-6,11,14-15H,7-10H2,1-2H3,(H,19,22)(H,20,21)(H,23,24)/t14-,15-/m1/s1. The fourth-order valence-corrected chi connectivity index (χ4v) is 2.47. The second kappa shape index (κ2) is 9.19. The van der Waals surface area contributed by atoms with Crippen LogP contribution in [0, 0.1) is 5.92 Å². The molecule has 1 aliphatic heterocycles. The minimum Gasteiger partial charge on any atom is -0.486 e. The summed E-state index contributed by atoms with van der Waals surface area (Å²) >= 11 is 0. The van der Waals surface area contributed by atoms with Crippen molar-refractivity contribution < 1.29 is 29.0 Å². The van der Waals surface area contributed by atoms with Crippen molar-refractivity contribution in [2.24, 2.45) is 5.92 Å². The number of benzene rings is 1. The van der Waals surface area contributed by atoms with Crippen molar-refractivity contribution in [3.8, 4) is 5.75 Å². The predicted octanol–water partition coefficient (Wildman–Crippen LogP) is 0.810. The fraction of sp³-hybridized carbons (Fsp3) is 0.500. The van der Waals surface area contributed by atoms with Gasteiger partial charge in [0.2, 0.25) is 11.8 Å². The summed E-state index contributed by atoms with van der Waals surface area (Å²) in [7, 11) is 0. The normalized spacial score (nSPS) is 19.7. The predicted molar refractivity (Wildman–Crippen MR) is 93.0 cm³/mol. The second-order valence-corrected chi connectivity index (χ2v) is 6.40. The molecule has 0 unspecified atom stereocenters. The first-order chi connectivity index (χ1) is 12.4. The highest BCUT2D eigenvalue weighted by Gasteiger charge is 2.29. The van der Waals surface area contributed by atoms with Gasteiger partial charge >= 0.3 is 5.97 Å². The quantitative estimate of drug-likeness (QED) is 0.660. The minimum atomic E-state index is -1.01. The van der Waals surface area contributed by atoms with Crippen molar-refractivity contribution in [3.63, 3.8) is 0 Å². The number of carbonyl (C=O) groups is 3. The van der Waals surface area contributed by atoms with Gasteiger partial charge < -0.3 is 25.2 Å². The number of carboxylic acids is 1. The fourth-order valence-electron chi connectivity index (χ4n) is 2.47. The van der Waals surface area contributed by atoms with Crippen LogP contribution in [0.3, 0.4) is 0 Å². The highest BCUT2D eigenvalue weighted by molar-refractivity contribution is 5.87. The number of amides is 2. The van der Waals surface area contributed by atoms with Crippen molar-refractivity contribution in [2.45, 2.75) is 32.4 Å². The van der Waals surface area contributed by atoms with Gasteiger partial charge in [-0.05, 0) is 30.7 Å². The van der Waals surface area contributed by atoms with Crippen molar-refractivity contribution in [1.29, 1.82) is 0 Å². The SMILES string of the molecule is CC(C)C(=O)NCC(=O)N[C@@H]1CCOC[C@H]1Oc1ccc(C(=O)O)cc1. The first-order valence-corrected chi connectivity index (χ1v) is 8.51. The average Bonchev–Trinajstić information content (AvgIpc) is 2.61. The maximum absolute atomic E-state index is 12.1. The summed E-state index contributed by atoms with van der Waals surface area (Å²) < 4.78 is 11.3. The zero-order chi connectivity index (χ0) is 19.1. The Morgan fingerprint density at radius 2 is 1.96 bits per heavy atom. The Hall–Kier alpha value is -2.61. The van der Waals surface area contributed by atoms with Crippen LogP contribution in [0.25, 0.3) is 0 Å². The third-order valence-corrected chi connectivity index (χ3v) is 3.99. The molecule has 2 atom stereocenters. The molecule has 142 valence electrons. The molecule has 1 heterocycles. The molecule has 2 amide bonds. The summed E-state index contributed by atoms with van der Waals surface area (Å²) in [6, 6.07) is 5.79. The Bertz CT molecular complexity index is 644. The van der Waals surface area contributed by atoms with Crippen LogP contribution in [0.2, 0.25) is 0 Å². The van der Waals surface area contributed by atoms with Gasteiger partial charge in [0.1, 0.15) is 11.9 Å². The molecule has 2 rings (SSSR count). The number of hydrogen-bond acceptors (Lipinski definition) is 5.